The third-order valence-electron chi connectivity index (χ3n) is 4.49. The van der Waals surface area contributed by atoms with E-state index in [0.29, 0.717) is 33.9 Å². The van der Waals surface area contributed by atoms with Crippen LogP contribution in [-0.4, -0.2) is 37.3 Å². The third kappa shape index (κ3) is 3.89. The molecule has 1 N–H and O–H groups in total. The molecule has 3 aromatic heterocycles. The van der Waals surface area contributed by atoms with Crippen LogP contribution in [-0.2, 0) is 9.59 Å². The van der Waals surface area contributed by atoms with Crippen LogP contribution in [0.25, 0.3) is 44.8 Å². The van der Waals surface area contributed by atoms with Gasteiger partial charge in [0, 0.05) is 16.3 Å². The summed E-state index contributed by atoms with van der Waals surface area (Å²) in [6, 6.07) is 20.0. The second kappa shape index (κ2) is 8.32. The van der Waals surface area contributed by atoms with Crippen LogP contribution in [0.2, 0.25) is 0 Å². The van der Waals surface area contributed by atoms with Gasteiger partial charge in [0.1, 0.15) is 11.4 Å². The number of aromatic amines is 1. The Morgan fingerprint density at radius 1 is 0.839 bits per heavy atom. The average molecular weight is 410 g/mol. The van der Waals surface area contributed by atoms with Crippen molar-refractivity contribution in [2.75, 3.05) is 0 Å². The number of hydrogen-bond acceptors (Lipinski definition) is 8. The monoisotopic (exact) mass is 410 g/mol. The number of carbonyl (C=O) groups is 1. The van der Waals surface area contributed by atoms with Gasteiger partial charge in [0.05, 0.1) is 17.0 Å². The van der Waals surface area contributed by atoms with E-state index in [1.54, 1.807) is 24.3 Å². The molecular formula is C22H12N5O4-. The first-order valence-electron chi connectivity index (χ1n) is 9.00. The number of aromatic carboxylic acids is 1. The molecule has 0 saturated carbocycles. The quantitative estimate of drug-likeness (QED) is 0.476. The molecule has 31 heavy (non-hydrogen) atoms. The lowest BCUT2D eigenvalue weighted by atomic mass is 10.1. The van der Waals surface area contributed by atoms with Crippen LogP contribution in [0, 0.1) is 0 Å². The number of benzene rings is 2. The molecule has 0 aliphatic carbocycles. The lowest BCUT2D eigenvalue weighted by Crippen LogP contribution is -2.22. The van der Waals surface area contributed by atoms with Gasteiger partial charge in [0.25, 0.3) is 0 Å². The number of rotatable bonds is 3. The van der Waals surface area contributed by atoms with E-state index >= 15 is 0 Å². The fourth-order valence-corrected chi connectivity index (χ4v) is 3.15. The Morgan fingerprint density at radius 3 is 2.29 bits per heavy atom. The number of nitrogens with one attached hydrogen (secondary N) is 1. The smallest absolute Gasteiger partial charge is 0.373 e. The molecule has 0 aliphatic rings. The van der Waals surface area contributed by atoms with Gasteiger partial charge in [-0.05, 0) is 24.3 Å². The highest BCUT2D eigenvalue weighted by atomic mass is 16.4. The fourth-order valence-electron chi connectivity index (χ4n) is 3.15. The summed E-state index contributed by atoms with van der Waals surface area (Å²) in [6.07, 6.45) is 0.250. The molecule has 5 aromatic rings. The number of nitrogens with zero attached hydrogens (tertiary/aromatic N) is 4. The summed E-state index contributed by atoms with van der Waals surface area (Å²) in [5, 5.41) is 20.1. The molecule has 5 rings (SSSR count). The molecule has 3 heterocycles. The van der Waals surface area contributed by atoms with Crippen molar-refractivity contribution < 1.29 is 19.5 Å². The first-order valence-corrected chi connectivity index (χ1v) is 9.00. The lowest BCUT2D eigenvalue weighted by molar-refractivity contribution is -0.254. The van der Waals surface area contributed by atoms with E-state index in [0.717, 1.165) is 10.9 Å². The number of para-hydroxylation sites is 2. The number of carboxylic acid groups (broad SMARTS) is 1. The summed E-state index contributed by atoms with van der Waals surface area (Å²) in [5.74, 6) is -0.504. The van der Waals surface area contributed by atoms with Gasteiger partial charge < -0.3 is 9.90 Å². The number of carboxylic acids is 1. The number of H-pyrrole nitrogens is 1. The SMILES string of the molecule is O=C([O-])c1cc(-c2n[nH]c(-c3ccc4ccccc4n3)n2)nc2ccccc12.O=C=O. The molecule has 0 radical (unpaired) electrons. The van der Waals surface area contributed by atoms with Crippen LogP contribution in [0.3, 0.4) is 0 Å². The van der Waals surface area contributed by atoms with Crippen molar-refractivity contribution in [3.8, 4) is 23.0 Å². The number of hydrogen-bond donors (Lipinski definition) is 1. The number of aromatic nitrogens is 5. The maximum Gasteiger partial charge on any atom is 0.373 e. The normalized spacial score (nSPS) is 10.3. The van der Waals surface area contributed by atoms with Crippen molar-refractivity contribution in [3.63, 3.8) is 0 Å². The molecule has 0 atom stereocenters. The summed E-state index contributed by atoms with van der Waals surface area (Å²) in [4.78, 5) is 41.3. The van der Waals surface area contributed by atoms with Crippen molar-refractivity contribution in [3.05, 3.63) is 72.3 Å². The van der Waals surface area contributed by atoms with E-state index in [1.165, 1.54) is 6.07 Å². The average Bonchev–Trinajstić information content (AvgIpc) is 3.29. The Labute approximate surface area is 174 Å². The molecule has 0 saturated heterocycles. The van der Waals surface area contributed by atoms with E-state index in [1.807, 2.05) is 36.4 Å². The first kappa shape index (κ1) is 19.6. The number of fused-ring (bicyclic) bond motifs is 2. The molecule has 0 amide bonds. The Balaban J connectivity index is 0.000000730. The molecule has 9 heteroatoms. The number of pyridine rings is 2. The molecule has 0 spiro atoms. The molecule has 0 bridgehead atoms. The zero-order valence-corrected chi connectivity index (χ0v) is 15.8. The highest BCUT2D eigenvalue weighted by molar-refractivity contribution is 6.02. The van der Waals surface area contributed by atoms with Crippen LogP contribution in [0.4, 0.5) is 0 Å². The predicted molar refractivity (Wildman–Crippen MR) is 107 cm³/mol. The van der Waals surface area contributed by atoms with E-state index < -0.39 is 5.97 Å². The van der Waals surface area contributed by atoms with Crippen LogP contribution in [0.15, 0.2) is 66.7 Å². The summed E-state index contributed by atoms with van der Waals surface area (Å²) >= 11 is 0. The van der Waals surface area contributed by atoms with Gasteiger partial charge in [0.2, 0.25) is 0 Å². The second-order valence-corrected chi connectivity index (χ2v) is 6.34. The van der Waals surface area contributed by atoms with Crippen molar-refractivity contribution >= 4 is 33.9 Å². The Morgan fingerprint density at radius 2 is 1.52 bits per heavy atom. The molecule has 0 unspecified atom stereocenters. The standard InChI is InChI=1S/C21H13N5O2.CO2/c27-21(28)14-11-18(23-16-8-4-2-6-13(14)16)20-24-19(25-26-20)17-10-9-12-5-1-3-7-15(12)22-17;2-1-3/h1-11H,(H,27,28)(H,24,25,26);/p-1. The second-order valence-electron chi connectivity index (χ2n) is 6.34. The zero-order valence-electron chi connectivity index (χ0n) is 15.8. The van der Waals surface area contributed by atoms with Gasteiger partial charge in [-0.25, -0.2) is 15.0 Å². The van der Waals surface area contributed by atoms with E-state index in [9.17, 15) is 9.90 Å². The van der Waals surface area contributed by atoms with Crippen LogP contribution in [0.5, 0.6) is 0 Å². The topological polar surface area (TPSA) is 142 Å². The third-order valence-corrected chi connectivity index (χ3v) is 4.49. The van der Waals surface area contributed by atoms with Crippen LogP contribution in [0.1, 0.15) is 10.4 Å². The molecule has 0 fully saturated rings. The van der Waals surface area contributed by atoms with Crippen molar-refractivity contribution in [1.82, 2.24) is 25.1 Å². The Bertz CT molecular complexity index is 1460. The van der Waals surface area contributed by atoms with Crippen LogP contribution < -0.4 is 5.11 Å². The Hall–Kier alpha value is -4.75. The fraction of sp³-hybridized carbons (Fsp3) is 0. The molecule has 0 aliphatic heterocycles. The lowest BCUT2D eigenvalue weighted by Gasteiger charge is -2.08. The highest BCUT2D eigenvalue weighted by Crippen LogP contribution is 2.24. The van der Waals surface area contributed by atoms with Crippen molar-refractivity contribution in [2.45, 2.75) is 0 Å². The number of carbonyl (C=O) groups excluding carboxylic acids is 3. The zero-order chi connectivity index (χ0) is 21.8. The minimum Gasteiger partial charge on any atom is -0.545 e. The Kier molecular flexibility index (Phi) is 5.25. The minimum atomic E-state index is -1.27. The van der Waals surface area contributed by atoms with Crippen molar-refractivity contribution in [1.29, 1.82) is 0 Å². The van der Waals surface area contributed by atoms with Gasteiger partial charge >= 0.3 is 6.15 Å². The van der Waals surface area contributed by atoms with Crippen LogP contribution >= 0.6 is 0 Å². The summed E-state index contributed by atoms with van der Waals surface area (Å²) in [7, 11) is 0. The molecule has 150 valence electrons. The van der Waals surface area contributed by atoms with Gasteiger partial charge in [-0.1, -0.05) is 42.5 Å². The van der Waals surface area contributed by atoms with E-state index in [4.69, 9.17) is 9.59 Å². The van der Waals surface area contributed by atoms with Gasteiger partial charge in [-0.2, -0.15) is 14.7 Å². The minimum absolute atomic E-state index is 0.0516. The largest absolute Gasteiger partial charge is 0.545 e. The predicted octanol–water partition coefficient (Wildman–Crippen LogP) is 2.02. The van der Waals surface area contributed by atoms with E-state index in [2.05, 4.69) is 25.1 Å². The highest BCUT2D eigenvalue weighted by Gasteiger charge is 2.14. The van der Waals surface area contributed by atoms with Gasteiger partial charge in [-0.15, -0.1) is 0 Å². The summed E-state index contributed by atoms with van der Waals surface area (Å²) < 4.78 is 0. The van der Waals surface area contributed by atoms with Gasteiger partial charge in [0.15, 0.2) is 11.6 Å². The first-order chi connectivity index (χ1) is 15.1. The maximum absolute atomic E-state index is 11.6. The molecule has 9 nitrogen and oxygen atoms in total. The molecular weight excluding hydrogens is 398 g/mol. The van der Waals surface area contributed by atoms with E-state index in [-0.39, 0.29) is 11.7 Å². The summed E-state index contributed by atoms with van der Waals surface area (Å²) in [5.41, 5.74) is 2.42. The van der Waals surface area contributed by atoms with Crippen molar-refractivity contribution in [2.24, 2.45) is 0 Å². The summed E-state index contributed by atoms with van der Waals surface area (Å²) in [6.45, 7) is 0. The molecule has 2 aromatic carbocycles. The van der Waals surface area contributed by atoms with Gasteiger partial charge in [-0.3, -0.25) is 5.10 Å². The maximum atomic E-state index is 11.6.